The van der Waals surface area contributed by atoms with Crippen molar-refractivity contribution in [1.82, 2.24) is 15.3 Å². The molecule has 0 rings (SSSR count). The Kier molecular flexibility index (Phi) is 4.39. The minimum absolute atomic E-state index is 0.386. The molecule has 0 saturated carbocycles. The van der Waals surface area contributed by atoms with Gasteiger partial charge in [0, 0.05) is 21.1 Å². The summed E-state index contributed by atoms with van der Waals surface area (Å²) in [6.45, 7) is 5.27. The third kappa shape index (κ3) is 5.77. The maximum absolute atomic E-state index is 11.4. The highest BCUT2D eigenvalue weighted by Gasteiger charge is 2.20. The van der Waals surface area contributed by atoms with Crippen LogP contribution in [0.3, 0.4) is 0 Å². The molecule has 0 saturated heterocycles. The van der Waals surface area contributed by atoms with Crippen molar-refractivity contribution in [2.45, 2.75) is 26.4 Å². The van der Waals surface area contributed by atoms with Gasteiger partial charge >= 0.3 is 12.1 Å². The predicted octanol–water partition coefficient (Wildman–Crippen LogP) is 1.04. The highest BCUT2D eigenvalue weighted by atomic mass is 16.6. The number of amides is 3. The van der Waals surface area contributed by atoms with Gasteiger partial charge in [-0.15, -0.1) is 0 Å². The van der Waals surface area contributed by atoms with E-state index in [0.717, 1.165) is 5.01 Å². The predicted molar refractivity (Wildman–Crippen MR) is 56.2 cm³/mol. The lowest BCUT2D eigenvalue weighted by atomic mass is 10.2. The smallest absolute Gasteiger partial charge is 0.428 e. The molecule has 6 nitrogen and oxygen atoms in total. The van der Waals surface area contributed by atoms with Gasteiger partial charge in [0.15, 0.2) is 0 Å². The summed E-state index contributed by atoms with van der Waals surface area (Å²) < 4.78 is 5.03. The fourth-order valence-electron chi connectivity index (χ4n) is 0.620. The molecular formula is C9H19N3O3. The second-order valence-corrected chi connectivity index (χ2v) is 4.35. The fourth-order valence-corrected chi connectivity index (χ4v) is 0.620. The molecular weight excluding hydrogens is 198 g/mol. The molecule has 0 aliphatic rings. The van der Waals surface area contributed by atoms with Crippen molar-refractivity contribution < 1.29 is 14.3 Å². The molecule has 0 aliphatic carbocycles. The Bertz CT molecular complexity index is 245. The lowest BCUT2D eigenvalue weighted by Gasteiger charge is -2.25. The first-order chi connectivity index (χ1) is 6.63. The fraction of sp³-hybridized carbons (Fsp3) is 0.778. The summed E-state index contributed by atoms with van der Waals surface area (Å²) in [5.74, 6) is 0. The zero-order valence-corrected chi connectivity index (χ0v) is 10.1. The normalized spacial score (nSPS) is 10.5. The topological polar surface area (TPSA) is 61.9 Å². The Morgan fingerprint density at radius 1 is 1.13 bits per heavy atom. The summed E-state index contributed by atoms with van der Waals surface area (Å²) in [5.41, 5.74) is 1.77. The van der Waals surface area contributed by atoms with E-state index in [2.05, 4.69) is 5.43 Å². The Balaban J connectivity index is 4.17. The number of carbonyl (C=O) groups excluding carboxylic acids is 2. The van der Waals surface area contributed by atoms with Crippen molar-refractivity contribution >= 4 is 12.1 Å². The number of carbonyl (C=O) groups is 2. The van der Waals surface area contributed by atoms with Gasteiger partial charge in [0.05, 0.1) is 0 Å². The van der Waals surface area contributed by atoms with E-state index in [4.69, 9.17) is 4.74 Å². The number of nitrogens with zero attached hydrogens (tertiary/aromatic N) is 2. The number of rotatable bonds is 0. The van der Waals surface area contributed by atoms with E-state index < -0.39 is 11.7 Å². The van der Waals surface area contributed by atoms with E-state index in [1.54, 1.807) is 34.9 Å². The van der Waals surface area contributed by atoms with Crippen molar-refractivity contribution in [1.29, 1.82) is 0 Å². The summed E-state index contributed by atoms with van der Waals surface area (Å²) >= 11 is 0. The minimum atomic E-state index is -0.599. The average molecular weight is 217 g/mol. The van der Waals surface area contributed by atoms with E-state index in [1.807, 2.05) is 0 Å². The van der Waals surface area contributed by atoms with Crippen LogP contribution in [0.2, 0.25) is 0 Å². The standard InChI is InChI=1S/C9H19N3O3/c1-9(2,3)15-8(14)12(6)10-7(13)11(4)5/h1-6H3,(H,10,13). The lowest BCUT2D eigenvalue weighted by Crippen LogP contribution is -2.49. The second-order valence-electron chi connectivity index (χ2n) is 4.35. The number of hydrazine groups is 1. The maximum atomic E-state index is 11.4. The Morgan fingerprint density at radius 3 is 1.93 bits per heavy atom. The number of urea groups is 1. The van der Waals surface area contributed by atoms with Crippen LogP contribution in [0.1, 0.15) is 20.8 Å². The Hall–Kier alpha value is -1.46. The first-order valence-corrected chi connectivity index (χ1v) is 4.58. The van der Waals surface area contributed by atoms with Crippen LogP contribution in [0.15, 0.2) is 0 Å². The van der Waals surface area contributed by atoms with E-state index in [0.29, 0.717) is 0 Å². The maximum Gasteiger partial charge on any atom is 0.428 e. The van der Waals surface area contributed by atoms with E-state index >= 15 is 0 Å². The first-order valence-electron chi connectivity index (χ1n) is 4.58. The molecule has 1 N–H and O–H groups in total. The van der Waals surface area contributed by atoms with Crippen molar-refractivity contribution in [2.24, 2.45) is 0 Å². The van der Waals surface area contributed by atoms with Crippen molar-refractivity contribution in [3.8, 4) is 0 Å². The van der Waals surface area contributed by atoms with Crippen LogP contribution in [-0.2, 0) is 4.74 Å². The Labute approximate surface area is 90.1 Å². The number of nitrogens with one attached hydrogen (secondary N) is 1. The SMILES string of the molecule is CN(C)C(=O)NN(C)C(=O)OC(C)(C)C. The second kappa shape index (κ2) is 4.86. The number of hydrogen-bond acceptors (Lipinski definition) is 3. The Morgan fingerprint density at radius 2 is 1.60 bits per heavy atom. The molecule has 0 heterocycles. The van der Waals surface area contributed by atoms with Gasteiger partial charge in [0.2, 0.25) is 0 Å². The molecule has 0 aliphatic heterocycles. The largest absolute Gasteiger partial charge is 0.442 e. The van der Waals surface area contributed by atoms with Gasteiger partial charge in [-0.05, 0) is 20.8 Å². The summed E-state index contributed by atoms with van der Waals surface area (Å²) in [7, 11) is 4.59. The molecule has 15 heavy (non-hydrogen) atoms. The van der Waals surface area contributed by atoms with Crippen LogP contribution in [-0.4, -0.2) is 48.8 Å². The molecule has 3 amide bonds. The van der Waals surface area contributed by atoms with Crippen LogP contribution in [0, 0.1) is 0 Å². The molecule has 0 aromatic heterocycles. The molecule has 88 valence electrons. The van der Waals surface area contributed by atoms with Gasteiger partial charge in [-0.3, -0.25) is 0 Å². The molecule has 0 fully saturated rings. The van der Waals surface area contributed by atoms with Gasteiger partial charge in [0.25, 0.3) is 0 Å². The zero-order chi connectivity index (χ0) is 12.2. The first kappa shape index (κ1) is 13.5. The molecule has 0 bridgehead atoms. The van der Waals surface area contributed by atoms with Crippen LogP contribution >= 0.6 is 0 Å². The highest BCUT2D eigenvalue weighted by molar-refractivity contribution is 5.77. The van der Waals surface area contributed by atoms with E-state index in [9.17, 15) is 9.59 Å². The van der Waals surface area contributed by atoms with E-state index in [1.165, 1.54) is 11.9 Å². The molecule has 0 radical (unpaired) electrons. The number of ether oxygens (including phenoxy) is 1. The van der Waals surface area contributed by atoms with Crippen molar-refractivity contribution in [2.75, 3.05) is 21.1 Å². The summed E-state index contributed by atoms with van der Waals surface area (Å²) in [6.07, 6.45) is -0.599. The molecule has 0 atom stereocenters. The third-order valence-corrected chi connectivity index (χ3v) is 1.34. The minimum Gasteiger partial charge on any atom is -0.442 e. The third-order valence-electron chi connectivity index (χ3n) is 1.34. The van der Waals surface area contributed by atoms with Crippen LogP contribution in [0.4, 0.5) is 9.59 Å². The van der Waals surface area contributed by atoms with Gasteiger partial charge < -0.3 is 9.64 Å². The molecule has 0 unspecified atom stereocenters. The lowest BCUT2D eigenvalue weighted by molar-refractivity contribution is 0.0220. The molecule has 0 aromatic carbocycles. The van der Waals surface area contributed by atoms with Crippen LogP contribution in [0.25, 0.3) is 0 Å². The quantitative estimate of drug-likeness (QED) is 0.617. The molecule has 0 aromatic rings. The van der Waals surface area contributed by atoms with Crippen molar-refractivity contribution in [3.05, 3.63) is 0 Å². The summed E-state index contributed by atoms with van der Waals surface area (Å²) in [5, 5.41) is 1.01. The van der Waals surface area contributed by atoms with Gasteiger partial charge in [-0.25, -0.2) is 20.0 Å². The molecule has 6 heteroatoms. The van der Waals surface area contributed by atoms with Crippen LogP contribution < -0.4 is 5.43 Å². The van der Waals surface area contributed by atoms with Gasteiger partial charge in [-0.2, -0.15) is 0 Å². The van der Waals surface area contributed by atoms with Gasteiger partial charge in [-0.1, -0.05) is 0 Å². The number of hydrogen-bond donors (Lipinski definition) is 1. The summed E-state index contributed by atoms with van der Waals surface area (Å²) in [4.78, 5) is 23.9. The highest BCUT2D eigenvalue weighted by Crippen LogP contribution is 2.08. The zero-order valence-electron chi connectivity index (χ0n) is 10.1. The van der Waals surface area contributed by atoms with Crippen molar-refractivity contribution in [3.63, 3.8) is 0 Å². The molecule has 0 spiro atoms. The van der Waals surface area contributed by atoms with E-state index in [-0.39, 0.29) is 6.03 Å². The summed E-state index contributed by atoms with van der Waals surface area (Å²) in [6, 6.07) is -0.386. The average Bonchev–Trinajstić information content (AvgIpc) is 2.00. The van der Waals surface area contributed by atoms with Gasteiger partial charge in [0.1, 0.15) is 5.60 Å². The van der Waals surface area contributed by atoms with Crippen LogP contribution in [0.5, 0.6) is 0 Å². The monoisotopic (exact) mass is 217 g/mol.